The molecule has 0 aliphatic carbocycles. The Balaban J connectivity index is 2.42. The number of hydrogen-bond acceptors (Lipinski definition) is 2. The predicted molar refractivity (Wildman–Crippen MR) is 70.7 cm³/mol. The summed E-state index contributed by atoms with van der Waals surface area (Å²) in [6, 6.07) is 10.3. The van der Waals surface area contributed by atoms with E-state index in [0.29, 0.717) is 13.0 Å². The average Bonchev–Trinajstić information content (AvgIpc) is 2.30. The highest BCUT2D eigenvalue weighted by Crippen LogP contribution is 2.05. The molecule has 0 aliphatic heterocycles. The summed E-state index contributed by atoms with van der Waals surface area (Å²) < 4.78 is 0. The minimum Gasteiger partial charge on any atom is -0.341 e. The minimum absolute atomic E-state index is 0.183. The second-order valence-corrected chi connectivity index (χ2v) is 4.40. The van der Waals surface area contributed by atoms with Crippen molar-refractivity contribution in [2.75, 3.05) is 13.6 Å². The van der Waals surface area contributed by atoms with Crippen LogP contribution in [0.25, 0.3) is 0 Å². The van der Waals surface area contributed by atoms with Crippen LogP contribution in [0.15, 0.2) is 30.3 Å². The lowest BCUT2D eigenvalue weighted by molar-refractivity contribution is -0.130. The van der Waals surface area contributed by atoms with Crippen LogP contribution in [0.5, 0.6) is 0 Å². The molecule has 0 heterocycles. The molecule has 0 radical (unpaired) electrons. The zero-order chi connectivity index (χ0) is 12.7. The molecule has 1 aromatic rings. The average molecular weight is 234 g/mol. The highest BCUT2D eigenvalue weighted by atomic mass is 16.2. The van der Waals surface area contributed by atoms with Crippen LogP contribution in [-0.2, 0) is 11.3 Å². The molecule has 1 unspecified atom stereocenters. The van der Waals surface area contributed by atoms with Crippen LogP contribution in [-0.4, -0.2) is 30.4 Å². The van der Waals surface area contributed by atoms with Gasteiger partial charge in [-0.2, -0.15) is 0 Å². The molecule has 1 rings (SSSR count). The number of nitrogens with zero attached hydrogens (tertiary/aromatic N) is 1. The van der Waals surface area contributed by atoms with Gasteiger partial charge >= 0.3 is 0 Å². The molecule has 0 aliphatic rings. The molecule has 94 valence electrons. The normalized spacial score (nSPS) is 12.2. The van der Waals surface area contributed by atoms with Gasteiger partial charge in [-0.15, -0.1) is 0 Å². The Kier molecular flexibility index (Phi) is 5.70. The molecule has 1 aromatic carbocycles. The summed E-state index contributed by atoms with van der Waals surface area (Å²) in [5.74, 6) is 0.183. The van der Waals surface area contributed by atoms with E-state index in [1.807, 2.05) is 44.3 Å². The number of benzene rings is 1. The fourth-order valence-electron chi connectivity index (χ4n) is 1.78. The Bertz CT molecular complexity index is 337. The number of carbonyl (C=O) groups excluding carboxylic acids is 1. The molecular weight excluding hydrogens is 212 g/mol. The van der Waals surface area contributed by atoms with Gasteiger partial charge in [0, 0.05) is 26.1 Å². The van der Waals surface area contributed by atoms with Crippen molar-refractivity contribution in [2.45, 2.75) is 32.9 Å². The molecule has 17 heavy (non-hydrogen) atoms. The summed E-state index contributed by atoms with van der Waals surface area (Å²) in [6.45, 7) is 5.67. The fourth-order valence-corrected chi connectivity index (χ4v) is 1.78. The van der Waals surface area contributed by atoms with E-state index in [1.165, 1.54) is 5.56 Å². The second kappa shape index (κ2) is 7.07. The molecule has 0 bridgehead atoms. The number of nitrogens with one attached hydrogen (secondary N) is 1. The number of carbonyl (C=O) groups is 1. The lowest BCUT2D eigenvalue weighted by Gasteiger charge is -2.20. The van der Waals surface area contributed by atoms with Crippen molar-refractivity contribution < 1.29 is 4.79 Å². The van der Waals surface area contributed by atoms with Gasteiger partial charge in [0.05, 0.1) is 0 Å². The van der Waals surface area contributed by atoms with Crippen molar-refractivity contribution in [2.24, 2.45) is 0 Å². The molecular formula is C14H22N2O. The zero-order valence-corrected chi connectivity index (χ0v) is 10.9. The highest BCUT2D eigenvalue weighted by Gasteiger charge is 2.12. The topological polar surface area (TPSA) is 32.3 Å². The Morgan fingerprint density at radius 1 is 1.35 bits per heavy atom. The Labute approximate surface area is 104 Å². The maximum atomic E-state index is 11.9. The third-order valence-electron chi connectivity index (χ3n) is 2.72. The fraction of sp³-hybridized carbons (Fsp3) is 0.500. The first-order chi connectivity index (χ1) is 8.13. The van der Waals surface area contributed by atoms with E-state index < -0.39 is 0 Å². The van der Waals surface area contributed by atoms with Crippen molar-refractivity contribution in [3.63, 3.8) is 0 Å². The van der Waals surface area contributed by atoms with Gasteiger partial charge in [0.15, 0.2) is 0 Å². The van der Waals surface area contributed by atoms with Crippen LogP contribution in [0, 0.1) is 0 Å². The lowest BCUT2D eigenvalue weighted by Crippen LogP contribution is -2.34. The maximum Gasteiger partial charge on any atom is 0.224 e. The third kappa shape index (κ3) is 5.00. The van der Waals surface area contributed by atoms with Crippen LogP contribution in [0.3, 0.4) is 0 Å². The monoisotopic (exact) mass is 234 g/mol. The molecule has 0 fully saturated rings. The highest BCUT2D eigenvalue weighted by molar-refractivity contribution is 5.76. The summed E-state index contributed by atoms with van der Waals surface area (Å²) >= 11 is 0. The third-order valence-corrected chi connectivity index (χ3v) is 2.72. The summed E-state index contributed by atoms with van der Waals surface area (Å²) in [5, 5.41) is 3.25. The molecule has 1 amide bonds. The summed E-state index contributed by atoms with van der Waals surface area (Å²) in [5.41, 5.74) is 1.17. The van der Waals surface area contributed by atoms with Crippen LogP contribution < -0.4 is 5.32 Å². The zero-order valence-electron chi connectivity index (χ0n) is 10.9. The second-order valence-electron chi connectivity index (χ2n) is 4.40. The summed E-state index contributed by atoms with van der Waals surface area (Å²) in [6.07, 6.45) is 0.553. The smallest absolute Gasteiger partial charge is 0.224 e. The number of hydrogen-bond donors (Lipinski definition) is 1. The first-order valence-corrected chi connectivity index (χ1v) is 6.14. The summed E-state index contributed by atoms with van der Waals surface area (Å²) in [7, 11) is 1.86. The van der Waals surface area contributed by atoms with E-state index in [9.17, 15) is 4.79 Å². The van der Waals surface area contributed by atoms with E-state index >= 15 is 0 Å². The van der Waals surface area contributed by atoms with Gasteiger partial charge in [-0.05, 0) is 19.0 Å². The van der Waals surface area contributed by atoms with Crippen molar-refractivity contribution in [1.29, 1.82) is 0 Å². The van der Waals surface area contributed by atoms with E-state index in [-0.39, 0.29) is 11.9 Å². The molecule has 1 atom stereocenters. The van der Waals surface area contributed by atoms with Crippen LogP contribution in [0.1, 0.15) is 25.8 Å². The molecule has 0 aromatic heterocycles. The van der Waals surface area contributed by atoms with Gasteiger partial charge in [-0.3, -0.25) is 4.79 Å². The van der Waals surface area contributed by atoms with Crippen LogP contribution >= 0.6 is 0 Å². The van der Waals surface area contributed by atoms with Crippen LogP contribution in [0.4, 0.5) is 0 Å². The van der Waals surface area contributed by atoms with Crippen molar-refractivity contribution in [1.82, 2.24) is 10.2 Å². The quantitative estimate of drug-likeness (QED) is 0.817. The van der Waals surface area contributed by atoms with Gasteiger partial charge in [-0.1, -0.05) is 37.3 Å². The maximum absolute atomic E-state index is 11.9. The van der Waals surface area contributed by atoms with Crippen molar-refractivity contribution in [3.05, 3.63) is 35.9 Å². The minimum atomic E-state index is 0.183. The van der Waals surface area contributed by atoms with Gasteiger partial charge in [0.25, 0.3) is 0 Å². The standard InChI is InChI=1S/C14H22N2O/c1-4-15-12(2)10-14(17)16(3)11-13-8-6-5-7-9-13/h5-9,12,15H,4,10-11H2,1-3H3. The van der Waals surface area contributed by atoms with Gasteiger partial charge in [-0.25, -0.2) is 0 Å². The van der Waals surface area contributed by atoms with Crippen molar-refractivity contribution >= 4 is 5.91 Å². The van der Waals surface area contributed by atoms with E-state index in [4.69, 9.17) is 0 Å². The predicted octanol–water partition coefficient (Wildman–Crippen LogP) is 2.03. The van der Waals surface area contributed by atoms with Crippen molar-refractivity contribution in [3.8, 4) is 0 Å². The first kappa shape index (κ1) is 13.7. The summed E-state index contributed by atoms with van der Waals surface area (Å²) in [4.78, 5) is 13.7. The van der Waals surface area contributed by atoms with Gasteiger partial charge in [0.2, 0.25) is 5.91 Å². The molecule has 3 nitrogen and oxygen atoms in total. The molecule has 3 heteroatoms. The van der Waals surface area contributed by atoms with E-state index in [1.54, 1.807) is 4.90 Å². The number of rotatable bonds is 6. The van der Waals surface area contributed by atoms with E-state index in [2.05, 4.69) is 12.2 Å². The SMILES string of the molecule is CCNC(C)CC(=O)N(C)Cc1ccccc1. The van der Waals surface area contributed by atoms with E-state index in [0.717, 1.165) is 6.54 Å². The lowest BCUT2D eigenvalue weighted by atomic mass is 10.2. The molecule has 1 N–H and O–H groups in total. The Hall–Kier alpha value is -1.35. The van der Waals surface area contributed by atoms with Gasteiger partial charge < -0.3 is 10.2 Å². The molecule has 0 spiro atoms. The number of amides is 1. The van der Waals surface area contributed by atoms with Gasteiger partial charge in [0.1, 0.15) is 0 Å². The first-order valence-electron chi connectivity index (χ1n) is 6.14. The Morgan fingerprint density at radius 2 is 2.00 bits per heavy atom. The van der Waals surface area contributed by atoms with Crippen LogP contribution in [0.2, 0.25) is 0 Å². The largest absolute Gasteiger partial charge is 0.341 e. The molecule has 0 saturated carbocycles. The Morgan fingerprint density at radius 3 is 2.59 bits per heavy atom. The molecule has 0 saturated heterocycles.